The number of piperazine rings is 1. The first-order valence-corrected chi connectivity index (χ1v) is 10.2. The smallest absolute Gasteiger partial charge is 0.219 e. The van der Waals surface area contributed by atoms with Gasteiger partial charge in [0.1, 0.15) is 11.9 Å². The van der Waals surface area contributed by atoms with Crippen molar-refractivity contribution in [3.8, 4) is 5.75 Å². The molecule has 1 unspecified atom stereocenters. The molecule has 1 fully saturated rings. The molecule has 0 aliphatic carbocycles. The van der Waals surface area contributed by atoms with Crippen molar-refractivity contribution in [3.63, 3.8) is 0 Å². The van der Waals surface area contributed by atoms with E-state index in [0.717, 1.165) is 63.1 Å². The van der Waals surface area contributed by atoms with E-state index < -0.39 is 0 Å². The Morgan fingerprint density at radius 2 is 1.90 bits per heavy atom. The van der Waals surface area contributed by atoms with E-state index in [4.69, 9.17) is 4.74 Å². The zero-order valence-corrected chi connectivity index (χ0v) is 20.4. The standard InChI is InChI=1S/C21H35N5O2.HI/c1-5-22-21(23-10-11-25-12-14-26(15-13-25)19(4)27)24-16-18(3)28-20-9-7-6-8-17(20)2;/h6-9,18H,5,10-16H2,1-4H3,(H2,22,23,24);1H. The number of hydrogen-bond acceptors (Lipinski definition) is 4. The highest BCUT2D eigenvalue weighted by atomic mass is 127. The molecule has 29 heavy (non-hydrogen) atoms. The average Bonchev–Trinajstić information content (AvgIpc) is 2.68. The third-order valence-corrected chi connectivity index (χ3v) is 4.81. The summed E-state index contributed by atoms with van der Waals surface area (Å²) in [6.45, 7) is 14.4. The molecular formula is C21H36IN5O2. The second-order valence-electron chi connectivity index (χ2n) is 7.19. The van der Waals surface area contributed by atoms with Gasteiger partial charge in [-0.05, 0) is 32.4 Å². The number of nitrogens with one attached hydrogen (secondary N) is 2. The molecule has 1 amide bonds. The van der Waals surface area contributed by atoms with Crippen LogP contribution in [0.4, 0.5) is 0 Å². The van der Waals surface area contributed by atoms with Crippen molar-refractivity contribution in [1.29, 1.82) is 0 Å². The van der Waals surface area contributed by atoms with E-state index in [1.54, 1.807) is 6.92 Å². The predicted octanol–water partition coefficient (Wildman–Crippen LogP) is 2.10. The minimum atomic E-state index is -0.00351. The van der Waals surface area contributed by atoms with Gasteiger partial charge >= 0.3 is 0 Å². The largest absolute Gasteiger partial charge is 0.489 e. The van der Waals surface area contributed by atoms with Gasteiger partial charge in [0.05, 0.1) is 6.54 Å². The van der Waals surface area contributed by atoms with Gasteiger partial charge in [-0.15, -0.1) is 24.0 Å². The fourth-order valence-corrected chi connectivity index (χ4v) is 3.12. The number of halogens is 1. The second kappa shape index (κ2) is 13.6. The summed E-state index contributed by atoms with van der Waals surface area (Å²) in [6, 6.07) is 8.04. The molecule has 164 valence electrons. The van der Waals surface area contributed by atoms with Crippen molar-refractivity contribution in [2.24, 2.45) is 4.99 Å². The Labute approximate surface area is 192 Å². The Morgan fingerprint density at radius 3 is 2.52 bits per heavy atom. The summed E-state index contributed by atoms with van der Waals surface area (Å²) in [7, 11) is 0. The Morgan fingerprint density at radius 1 is 1.21 bits per heavy atom. The average molecular weight is 517 g/mol. The summed E-state index contributed by atoms with van der Waals surface area (Å²) in [6.07, 6.45) is -0.00351. The van der Waals surface area contributed by atoms with Crippen LogP contribution in [0, 0.1) is 6.92 Å². The Hall–Kier alpha value is -1.55. The summed E-state index contributed by atoms with van der Waals surface area (Å²) in [4.78, 5) is 20.3. The maximum atomic E-state index is 11.4. The second-order valence-corrected chi connectivity index (χ2v) is 7.19. The fraction of sp³-hybridized carbons (Fsp3) is 0.619. The van der Waals surface area contributed by atoms with Gasteiger partial charge in [0.2, 0.25) is 5.91 Å². The van der Waals surface area contributed by atoms with E-state index in [0.29, 0.717) is 6.54 Å². The molecule has 1 aromatic carbocycles. The van der Waals surface area contributed by atoms with E-state index in [1.807, 2.05) is 43.0 Å². The van der Waals surface area contributed by atoms with Gasteiger partial charge in [-0.3, -0.25) is 9.69 Å². The molecule has 2 rings (SSSR count). The van der Waals surface area contributed by atoms with Crippen LogP contribution < -0.4 is 15.4 Å². The normalized spacial score (nSPS) is 16.0. The van der Waals surface area contributed by atoms with Crippen LogP contribution in [0.3, 0.4) is 0 Å². The van der Waals surface area contributed by atoms with Crippen LogP contribution in [0.1, 0.15) is 26.3 Å². The summed E-state index contributed by atoms with van der Waals surface area (Å²) in [5, 5.41) is 6.68. The predicted molar refractivity (Wildman–Crippen MR) is 129 cm³/mol. The van der Waals surface area contributed by atoms with E-state index in [2.05, 4.69) is 27.4 Å². The molecule has 0 spiro atoms. The number of amides is 1. The molecule has 0 radical (unpaired) electrons. The maximum Gasteiger partial charge on any atom is 0.219 e. The van der Waals surface area contributed by atoms with E-state index in [9.17, 15) is 4.79 Å². The van der Waals surface area contributed by atoms with Crippen molar-refractivity contribution < 1.29 is 9.53 Å². The zero-order chi connectivity index (χ0) is 20.4. The molecule has 1 atom stereocenters. The Balaban J connectivity index is 0.00000420. The Kier molecular flexibility index (Phi) is 12.0. The summed E-state index contributed by atoms with van der Waals surface area (Å²) >= 11 is 0. The number of nitrogens with zero attached hydrogens (tertiary/aromatic N) is 3. The summed E-state index contributed by atoms with van der Waals surface area (Å²) in [5.74, 6) is 1.89. The third-order valence-electron chi connectivity index (χ3n) is 4.81. The number of ether oxygens (including phenoxy) is 1. The molecule has 1 aliphatic heterocycles. The van der Waals surface area contributed by atoms with Gasteiger partial charge in [-0.2, -0.15) is 0 Å². The number of benzene rings is 1. The van der Waals surface area contributed by atoms with E-state index in [-0.39, 0.29) is 36.0 Å². The number of aryl methyl sites for hydroxylation is 1. The highest BCUT2D eigenvalue weighted by Crippen LogP contribution is 2.17. The summed E-state index contributed by atoms with van der Waals surface area (Å²) in [5.41, 5.74) is 1.13. The van der Waals surface area contributed by atoms with Crippen LogP contribution in [0.5, 0.6) is 5.75 Å². The van der Waals surface area contributed by atoms with Crippen LogP contribution >= 0.6 is 24.0 Å². The first-order chi connectivity index (χ1) is 13.5. The zero-order valence-electron chi connectivity index (χ0n) is 18.1. The van der Waals surface area contributed by atoms with Crippen LogP contribution in [0.15, 0.2) is 29.3 Å². The number of guanidine groups is 1. The molecule has 1 aromatic rings. The number of para-hydroxylation sites is 1. The molecule has 0 saturated carbocycles. The van der Waals surface area contributed by atoms with Crippen molar-refractivity contribution in [3.05, 3.63) is 29.8 Å². The minimum absolute atomic E-state index is 0. The number of rotatable bonds is 8. The highest BCUT2D eigenvalue weighted by molar-refractivity contribution is 14.0. The lowest BCUT2D eigenvalue weighted by Crippen LogP contribution is -2.50. The third kappa shape index (κ3) is 9.20. The number of aliphatic imine (C=N–C) groups is 1. The molecule has 8 heteroatoms. The molecule has 2 N–H and O–H groups in total. The van der Waals surface area contributed by atoms with Crippen molar-refractivity contribution in [1.82, 2.24) is 20.4 Å². The van der Waals surface area contributed by atoms with Gasteiger partial charge in [0.15, 0.2) is 5.96 Å². The number of carbonyl (C=O) groups is 1. The maximum absolute atomic E-state index is 11.4. The summed E-state index contributed by atoms with van der Waals surface area (Å²) < 4.78 is 6.00. The molecule has 1 saturated heterocycles. The molecule has 0 bridgehead atoms. The van der Waals surface area contributed by atoms with Gasteiger partial charge in [0, 0.05) is 52.7 Å². The van der Waals surface area contributed by atoms with Gasteiger partial charge in [-0.25, -0.2) is 4.99 Å². The highest BCUT2D eigenvalue weighted by Gasteiger charge is 2.18. The van der Waals surface area contributed by atoms with Crippen LogP contribution in [0.25, 0.3) is 0 Å². The van der Waals surface area contributed by atoms with Crippen molar-refractivity contribution in [2.45, 2.75) is 33.8 Å². The van der Waals surface area contributed by atoms with Gasteiger partial charge in [-0.1, -0.05) is 18.2 Å². The van der Waals surface area contributed by atoms with E-state index in [1.165, 1.54) is 0 Å². The fourth-order valence-electron chi connectivity index (χ4n) is 3.12. The van der Waals surface area contributed by atoms with E-state index >= 15 is 0 Å². The van der Waals surface area contributed by atoms with Crippen molar-refractivity contribution in [2.75, 3.05) is 52.4 Å². The topological polar surface area (TPSA) is 69.2 Å². The SMILES string of the molecule is CCNC(=NCC(C)Oc1ccccc1C)NCCN1CCN(C(C)=O)CC1.I. The molecule has 1 aliphatic rings. The first kappa shape index (κ1) is 25.5. The van der Waals surface area contributed by atoms with Gasteiger partial charge < -0.3 is 20.3 Å². The molecule has 1 heterocycles. The lowest BCUT2D eigenvalue weighted by atomic mass is 10.2. The van der Waals surface area contributed by atoms with Gasteiger partial charge in [0.25, 0.3) is 0 Å². The van der Waals surface area contributed by atoms with Crippen LogP contribution in [-0.2, 0) is 4.79 Å². The Bertz CT molecular complexity index is 648. The van der Waals surface area contributed by atoms with Crippen LogP contribution in [0.2, 0.25) is 0 Å². The first-order valence-electron chi connectivity index (χ1n) is 10.2. The molecule has 0 aromatic heterocycles. The van der Waals surface area contributed by atoms with Crippen molar-refractivity contribution >= 4 is 35.8 Å². The number of hydrogen-bond donors (Lipinski definition) is 2. The monoisotopic (exact) mass is 517 g/mol. The lowest BCUT2D eigenvalue weighted by Gasteiger charge is -2.34. The van der Waals surface area contributed by atoms with Crippen LogP contribution in [-0.4, -0.2) is 80.1 Å². The quantitative estimate of drug-likeness (QED) is 0.314. The number of carbonyl (C=O) groups excluding carboxylic acids is 1. The molecular weight excluding hydrogens is 481 g/mol. The molecule has 7 nitrogen and oxygen atoms in total. The lowest BCUT2D eigenvalue weighted by molar-refractivity contribution is -0.130. The minimum Gasteiger partial charge on any atom is -0.489 e.